The third-order valence-electron chi connectivity index (χ3n) is 2.70. The minimum Gasteiger partial charge on any atom is -0.380 e. The summed E-state index contributed by atoms with van der Waals surface area (Å²) in [6.07, 6.45) is 5.26. The van der Waals surface area contributed by atoms with Crippen molar-refractivity contribution in [1.82, 2.24) is 15.0 Å². The van der Waals surface area contributed by atoms with Crippen LogP contribution in [0.4, 0.5) is 5.69 Å². The highest BCUT2D eigenvalue weighted by Gasteiger charge is 2.01. The molecule has 0 aliphatic carbocycles. The van der Waals surface area contributed by atoms with Crippen molar-refractivity contribution < 1.29 is 0 Å². The third-order valence-corrected chi connectivity index (χ3v) is 3.82. The van der Waals surface area contributed by atoms with Crippen LogP contribution in [0.2, 0.25) is 4.47 Å². The molecule has 0 aliphatic heterocycles. The number of hydrogen-bond donors (Lipinski definition) is 1. The Morgan fingerprint density at radius 2 is 1.80 bits per heavy atom. The van der Waals surface area contributed by atoms with Crippen molar-refractivity contribution in [3.8, 4) is 11.4 Å². The van der Waals surface area contributed by atoms with Crippen LogP contribution in [-0.2, 0) is 6.54 Å². The van der Waals surface area contributed by atoms with Crippen LogP contribution in [0.3, 0.4) is 0 Å². The van der Waals surface area contributed by atoms with Crippen molar-refractivity contribution >= 4 is 28.6 Å². The SMILES string of the molecule is Clc1ncc(CNc2ccc(-c3ncccn3)cc2)s1. The zero-order valence-corrected chi connectivity index (χ0v) is 12.0. The molecule has 0 atom stereocenters. The van der Waals surface area contributed by atoms with Crippen LogP contribution in [0.1, 0.15) is 4.88 Å². The standard InChI is InChI=1S/C14H11ClN4S/c15-14-19-9-12(20-14)8-18-11-4-2-10(3-5-11)13-16-6-1-7-17-13/h1-7,9,18H,8H2. The minimum absolute atomic E-state index is 0.568. The summed E-state index contributed by atoms with van der Waals surface area (Å²) in [5.74, 6) is 0.730. The van der Waals surface area contributed by atoms with Gasteiger partial charge in [-0.15, -0.1) is 11.3 Å². The van der Waals surface area contributed by atoms with Crippen molar-refractivity contribution in [3.05, 3.63) is 58.3 Å². The topological polar surface area (TPSA) is 50.7 Å². The molecule has 0 radical (unpaired) electrons. The Morgan fingerprint density at radius 3 is 2.45 bits per heavy atom. The molecule has 0 bridgehead atoms. The van der Waals surface area contributed by atoms with Crippen LogP contribution in [-0.4, -0.2) is 15.0 Å². The smallest absolute Gasteiger partial charge is 0.183 e. The molecule has 4 nitrogen and oxygen atoms in total. The van der Waals surface area contributed by atoms with E-state index in [0.29, 0.717) is 11.0 Å². The number of anilines is 1. The van der Waals surface area contributed by atoms with E-state index in [1.54, 1.807) is 24.7 Å². The zero-order chi connectivity index (χ0) is 13.8. The van der Waals surface area contributed by atoms with Gasteiger partial charge in [-0.25, -0.2) is 15.0 Å². The van der Waals surface area contributed by atoms with Crippen LogP contribution in [0.25, 0.3) is 11.4 Å². The van der Waals surface area contributed by atoms with Gasteiger partial charge in [-0.1, -0.05) is 11.6 Å². The van der Waals surface area contributed by atoms with Gasteiger partial charge < -0.3 is 5.32 Å². The van der Waals surface area contributed by atoms with Crippen LogP contribution < -0.4 is 5.32 Å². The van der Waals surface area contributed by atoms with Gasteiger partial charge in [0.05, 0.1) is 6.54 Å². The first-order valence-corrected chi connectivity index (χ1v) is 7.22. The van der Waals surface area contributed by atoms with E-state index in [1.807, 2.05) is 24.3 Å². The summed E-state index contributed by atoms with van der Waals surface area (Å²) in [5, 5.41) is 3.32. The molecule has 1 N–H and O–H groups in total. The summed E-state index contributed by atoms with van der Waals surface area (Å²) in [5.41, 5.74) is 2.03. The lowest BCUT2D eigenvalue weighted by Crippen LogP contribution is -1.97. The highest BCUT2D eigenvalue weighted by atomic mass is 35.5. The second-order valence-electron chi connectivity index (χ2n) is 4.08. The average molecular weight is 303 g/mol. The Balaban J connectivity index is 1.67. The molecule has 0 amide bonds. The molecular formula is C14H11ClN4S. The highest BCUT2D eigenvalue weighted by Crippen LogP contribution is 2.20. The Kier molecular flexibility index (Phi) is 3.90. The molecule has 6 heteroatoms. The molecule has 0 unspecified atom stereocenters. The quantitative estimate of drug-likeness (QED) is 0.795. The summed E-state index contributed by atoms with van der Waals surface area (Å²) in [6.45, 7) is 0.714. The van der Waals surface area contributed by atoms with E-state index < -0.39 is 0 Å². The zero-order valence-electron chi connectivity index (χ0n) is 10.5. The van der Waals surface area contributed by atoms with Crippen LogP contribution in [0.5, 0.6) is 0 Å². The number of halogens is 1. The number of nitrogens with zero attached hydrogens (tertiary/aromatic N) is 3. The Bertz CT molecular complexity index is 682. The fourth-order valence-corrected chi connectivity index (χ4v) is 2.66. The molecule has 1 aromatic carbocycles. The van der Waals surface area contributed by atoms with E-state index in [2.05, 4.69) is 20.3 Å². The van der Waals surface area contributed by atoms with Gasteiger partial charge >= 0.3 is 0 Å². The molecule has 0 fully saturated rings. The summed E-state index contributed by atoms with van der Waals surface area (Å²) < 4.78 is 0.568. The second kappa shape index (κ2) is 5.98. The normalized spacial score (nSPS) is 10.4. The lowest BCUT2D eigenvalue weighted by Gasteiger charge is -2.05. The van der Waals surface area contributed by atoms with Crippen molar-refractivity contribution in [3.63, 3.8) is 0 Å². The predicted molar refractivity (Wildman–Crippen MR) is 81.9 cm³/mol. The average Bonchev–Trinajstić information content (AvgIpc) is 2.92. The van der Waals surface area contributed by atoms with Gasteiger partial charge in [-0.2, -0.15) is 0 Å². The van der Waals surface area contributed by atoms with Crippen molar-refractivity contribution in [2.45, 2.75) is 6.54 Å². The second-order valence-corrected chi connectivity index (χ2v) is 5.78. The first-order chi connectivity index (χ1) is 9.81. The Hall–Kier alpha value is -1.98. The maximum atomic E-state index is 5.80. The van der Waals surface area contributed by atoms with Crippen LogP contribution in [0, 0.1) is 0 Å². The third kappa shape index (κ3) is 3.12. The molecule has 2 heterocycles. The van der Waals surface area contributed by atoms with Crippen molar-refractivity contribution in [2.24, 2.45) is 0 Å². The number of hydrogen-bond acceptors (Lipinski definition) is 5. The molecule has 0 aliphatic rings. The fourth-order valence-electron chi connectivity index (χ4n) is 1.74. The Morgan fingerprint density at radius 1 is 1.05 bits per heavy atom. The molecule has 100 valence electrons. The van der Waals surface area contributed by atoms with E-state index in [-0.39, 0.29) is 0 Å². The van der Waals surface area contributed by atoms with Gasteiger partial charge in [0.15, 0.2) is 10.3 Å². The number of nitrogens with one attached hydrogen (secondary N) is 1. The maximum absolute atomic E-state index is 5.80. The number of thiazole rings is 1. The summed E-state index contributed by atoms with van der Waals surface area (Å²) in [6, 6.07) is 9.82. The summed E-state index contributed by atoms with van der Waals surface area (Å²) >= 11 is 7.28. The Labute approximate surface area is 125 Å². The van der Waals surface area contributed by atoms with Gasteiger partial charge in [0.1, 0.15) is 0 Å². The lowest BCUT2D eigenvalue weighted by molar-refractivity contribution is 1.16. The maximum Gasteiger partial charge on any atom is 0.183 e. The highest BCUT2D eigenvalue weighted by molar-refractivity contribution is 7.15. The van der Waals surface area contributed by atoms with E-state index in [1.165, 1.54) is 11.3 Å². The van der Waals surface area contributed by atoms with Crippen molar-refractivity contribution in [1.29, 1.82) is 0 Å². The van der Waals surface area contributed by atoms with Crippen LogP contribution >= 0.6 is 22.9 Å². The molecule has 3 aromatic rings. The predicted octanol–water partition coefficient (Wildman–Crippen LogP) is 3.87. The first kappa shape index (κ1) is 13.0. The number of rotatable bonds is 4. The summed E-state index contributed by atoms with van der Waals surface area (Å²) in [4.78, 5) is 13.6. The first-order valence-electron chi connectivity index (χ1n) is 6.03. The van der Waals surface area contributed by atoms with E-state index in [9.17, 15) is 0 Å². The number of benzene rings is 1. The van der Waals surface area contributed by atoms with Crippen molar-refractivity contribution in [2.75, 3.05) is 5.32 Å². The molecule has 2 aromatic heterocycles. The molecule has 20 heavy (non-hydrogen) atoms. The molecule has 0 saturated carbocycles. The van der Waals surface area contributed by atoms with E-state index in [4.69, 9.17) is 11.6 Å². The van der Waals surface area contributed by atoms with Gasteiger partial charge in [0.25, 0.3) is 0 Å². The number of aromatic nitrogens is 3. The van der Waals surface area contributed by atoms with Gasteiger partial charge in [-0.3, -0.25) is 0 Å². The molecular weight excluding hydrogens is 292 g/mol. The van der Waals surface area contributed by atoms with E-state index >= 15 is 0 Å². The summed E-state index contributed by atoms with van der Waals surface area (Å²) in [7, 11) is 0. The molecule has 3 rings (SSSR count). The molecule has 0 spiro atoms. The molecule has 0 saturated heterocycles. The van der Waals surface area contributed by atoms with Crippen LogP contribution in [0.15, 0.2) is 48.9 Å². The van der Waals surface area contributed by atoms with Gasteiger partial charge in [-0.05, 0) is 30.3 Å². The fraction of sp³-hybridized carbons (Fsp3) is 0.0714. The van der Waals surface area contributed by atoms with Gasteiger partial charge in [0, 0.05) is 34.7 Å². The lowest BCUT2D eigenvalue weighted by atomic mass is 10.2. The van der Waals surface area contributed by atoms with Gasteiger partial charge in [0.2, 0.25) is 0 Å². The minimum atomic E-state index is 0.568. The van der Waals surface area contributed by atoms with E-state index in [0.717, 1.165) is 22.0 Å². The largest absolute Gasteiger partial charge is 0.380 e. The monoisotopic (exact) mass is 302 g/mol.